The lowest BCUT2D eigenvalue weighted by Crippen LogP contribution is -2.32. The zero-order valence-electron chi connectivity index (χ0n) is 13.6. The quantitative estimate of drug-likeness (QED) is 0.776. The van der Waals surface area contributed by atoms with Gasteiger partial charge in [-0.3, -0.25) is 9.59 Å². The summed E-state index contributed by atoms with van der Waals surface area (Å²) in [6.45, 7) is 0. The number of hydrogen-bond acceptors (Lipinski definition) is 3. The number of benzene rings is 2. The molecule has 26 heavy (non-hydrogen) atoms. The van der Waals surface area contributed by atoms with Crippen molar-refractivity contribution in [3.63, 3.8) is 0 Å². The molecular formula is C18H15ClF3NO3. The van der Waals surface area contributed by atoms with Crippen LogP contribution in [-0.4, -0.2) is 19.0 Å². The molecule has 0 spiro atoms. The van der Waals surface area contributed by atoms with Gasteiger partial charge in [0.25, 0.3) is 5.91 Å². The standard InChI is InChI=1S/C18H15ClF3NO3/c1-26-16(24)10-15(11-6-8-12(19)9-7-11)23-17(25)13-4-2-3-5-14(13)18(20,21)22/h2-9,15H,10H2,1H3,(H,23,25). The van der Waals surface area contributed by atoms with Crippen molar-refractivity contribution in [3.05, 3.63) is 70.2 Å². The number of amides is 1. The average molecular weight is 386 g/mol. The summed E-state index contributed by atoms with van der Waals surface area (Å²) in [5, 5.41) is 2.91. The SMILES string of the molecule is COC(=O)CC(NC(=O)c1ccccc1C(F)(F)F)c1ccc(Cl)cc1. The molecule has 0 aliphatic carbocycles. The molecule has 0 bridgehead atoms. The molecule has 1 N–H and O–H groups in total. The Morgan fingerprint density at radius 3 is 2.31 bits per heavy atom. The van der Waals surface area contributed by atoms with E-state index in [1.165, 1.54) is 19.2 Å². The molecule has 0 aromatic heterocycles. The fourth-order valence-electron chi connectivity index (χ4n) is 2.36. The van der Waals surface area contributed by atoms with Gasteiger partial charge < -0.3 is 10.1 Å². The molecule has 0 aliphatic heterocycles. The molecule has 8 heteroatoms. The molecule has 0 saturated heterocycles. The van der Waals surface area contributed by atoms with Crippen LogP contribution in [0.15, 0.2) is 48.5 Å². The van der Waals surface area contributed by atoms with Crippen LogP contribution in [0.1, 0.15) is 33.9 Å². The minimum Gasteiger partial charge on any atom is -0.469 e. The average Bonchev–Trinajstić information content (AvgIpc) is 2.61. The number of carbonyl (C=O) groups is 2. The highest BCUT2D eigenvalue weighted by atomic mass is 35.5. The number of ether oxygens (including phenoxy) is 1. The zero-order valence-corrected chi connectivity index (χ0v) is 14.4. The first kappa shape index (κ1) is 19.8. The van der Waals surface area contributed by atoms with Crippen LogP contribution < -0.4 is 5.32 Å². The maximum atomic E-state index is 13.1. The van der Waals surface area contributed by atoms with Gasteiger partial charge in [-0.05, 0) is 29.8 Å². The first-order valence-corrected chi connectivity index (χ1v) is 7.89. The van der Waals surface area contributed by atoms with Gasteiger partial charge >= 0.3 is 12.1 Å². The number of esters is 1. The summed E-state index contributed by atoms with van der Waals surface area (Å²) in [5.74, 6) is -1.56. The van der Waals surface area contributed by atoms with E-state index in [2.05, 4.69) is 10.1 Å². The summed E-state index contributed by atoms with van der Waals surface area (Å²) < 4.78 is 43.9. The van der Waals surface area contributed by atoms with E-state index >= 15 is 0 Å². The second kappa shape index (κ2) is 8.23. The van der Waals surface area contributed by atoms with E-state index in [4.69, 9.17) is 11.6 Å². The highest BCUT2D eigenvalue weighted by molar-refractivity contribution is 6.30. The van der Waals surface area contributed by atoms with Gasteiger partial charge in [-0.2, -0.15) is 13.2 Å². The summed E-state index contributed by atoms with van der Waals surface area (Å²) in [6.07, 6.45) is -4.91. The summed E-state index contributed by atoms with van der Waals surface area (Å²) >= 11 is 5.82. The van der Waals surface area contributed by atoms with Crippen molar-refractivity contribution < 1.29 is 27.5 Å². The molecular weight excluding hydrogens is 371 g/mol. The minimum atomic E-state index is -4.67. The molecule has 138 valence electrons. The predicted octanol–water partition coefficient (Wildman–Crippen LogP) is 4.39. The number of alkyl halides is 3. The van der Waals surface area contributed by atoms with Crippen LogP contribution in [0.3, 0.4) is 0 Å². The topological polar surface area (TPSA) is 55.4 Å². The van der Waals surface area contributed by atoms with Crippen molar-refractivity contribution in [2.24, 2.45) is 0 Å². The maximum Gasteiger partial charge on any atom is 0.417 e. The summed E-state index contributed by atoms with van der Waals surface area (Å²) in [5.41, 5.74) is -1.06. The van der Waals surface area contributed by atoms with Gasteiger partial charge in [0.1, 0.15) is 0 Å². The maximum absolute atomic E-state index is 13.1. The normalized spacial score (nSPS) is 12.3. The first-order chi connectivity index (χ1) is 12.2. The van der Waals surface area contributed by atoms with Crippen LogP contribution in [0.4, 0.5) is 13.2 Å². The van der Waals surface area contributed by atoms with Crippen molar-refractivity contribution in [3.8, 4) is 0 Å². The predicted molar refractivity (Wildman–Crippen MR) is 89.7 cm³/mol. The van der Waals surface area contributed by atoms with E-state index in [1.54, 1.807) is 24.3 Å². The zero-order chi connectivity index (χ0) is 19.3. The van der Waals surface area contributed by atoms with Crippen molar-refractivity contribution >= 4 is 23.5 Å². The Kier molecular flexibility index (Phi) is 6.26. The monoisotopic (exact) mass is 385 g/mol. The largest absolute Gasteiger partial charge is 0.469 e. The van der Waals surface area contributed by atoms with Crippen molar-refractivity contribution in [1.29, 1.82) is 0 Å². The van der Waals surface area contributed by atoms with E-state index in [9.17, 15) is 22.8 Å². The Morgan fingerprint density at radius 2 is 1.73 bits per heavy atom. The Balaban J connectivity index is 2.32. The number of carbonyl (C=O) groups excluding carboxylic acids is 2. The molecule has 2 aromatic rings. The third kappa shape index (κ3) is 4.98. The number of hydrogen-bond donors (Lipinski definition) is 1. The second-order valence-corrected chi connectivity index (χ2v) is 5.84. The fourth-order valence-corrected chi connectivity index (χ4v) is 2.49. The highest BCUT2D eigenvalue weighted by Gasteiger charge is 2.35. The first-order valence-electron chi connectivity index (χ1n) is 7.51. The lowest BCUT2D eigenvalue weighted by molar-refractivity contribution is -0.141. The number of halogens is 4. The Hall–Kier alpha value is -2.54. The molecule has 2 aromatic carbocycles. The molecule has 0 aliphatic rings. The van der Waals surface area contributed by atoms with Gasteiger partial charge in [0.05, 0.1) is 30.7 Å². The van der Waals surface area contributed by atoms with Gasteiger partial charge in [-0.15, -0.1) is 0 Å². The highest BCUT2D eigenvalue weighted by Crippen LogP contribution is 2.32. The molecule has 0 fully saturated rings. The molecule has 4 nitrogen and oxygen atoms in total. The second-order valence-electron chi connectivity index (χ2n) is 5.40. The number of methoxy groups -OCH3 is 1. The molecule has 1 amide bonds. The van der Waals surface area contributed by atoms with E-state index in [-0.39, 0.29) is 6.42 Å². The summed E-state index contributed by atoms with van der Waals surface area (Å²) in [6, 6.07) is 9.83. The van der Waals surface area contributed by atoms with Gasteiger partial charge in [-0.1, -0.05) is 35.9 Å². The fraction of sp³-hybridized carbons (Fsp3) is 0.222. The third-order valence-electron chi connectivity index (χ3n) is 3.65. The van der Waals surface area contributed by atoms with Crippen LogP contribution in [0.5, 0.6) is 0 Å². The van der Waals surface area contributed by atoms with Crippen LogP contribution in [0.25, 0.3) is 0 Å². The number of rotatable bonds is 5. The summed E-state index contributed by atoms with van der Waals surface area (Å²) in [7, 11) is 1.18. The minimum absolute atomic E-state index is 0.238. The molecule has 0 saturated carbocycles. The Morgan fingerprint density at radius 1 is 1.12 bits per heavy atom. The molecule has 2 rings (SSSR count). The lowest BCUT2D eigenvalue weighted by atomic mass is 10.0. The number of nitrogens with one attached hydrogen (secondary N) is 1. The van der Waals surface area contributed by atoms with Gasteiger partial charge in [0.15, 0.2) is 0 Å². The molecule has 1 unspecified atom stereocenters. The van der Waals surface area contributed by atoms with Gasteiger partial charge in [-0.25, -0.2) is 0 Å². The van der Waals surface area contributed by atoms with Crippen LogP contribution in [-0.2, 0) is 15.7 Å². The van der Waals surface area contributed by atoms with Crippen molar-refractivity contribution in [2.75, 3.05) is 7.11 Å². The van der Waals surface area contributed by atoms with Crippen LogP contribution in [0, 0.1) is 0 Å². The molecule has 0 radical (unpaired) electrons. The summed E-state index contributed by atoms with van der Waals surface area (Å²) in [4.78, 5) is 24.1. The van der Waals surface area contributed by atoms with Crippen LogP contribution >= 0.6 is 11.6 Å². The van der Waals surface area contributed by atoms with E-state index < -0.39 is 35.2 Å². The smallest absolute Gasteiger partial charge is 0.417 e. The lowest BCUT2D eigenvalue weighted by Gasteiger charge is -2.20. The third-order valence-corrected chi connectivity index (χ3v) is 3.91. The van der Waals surface area contributed by atoms with E-state index in [1.807, 2.05) is 0 Å². The van der Waals surface area contributed by atoms with Gasteiger partial charge in [0.2, 0.25) is 0 Å². The van der Waals surface area contributed by atoms with Crippen LogP contribution in [0.2, 0.25) is 5.02 Å². The Labute approximate surface area is 152 Å². The molecule has 0 heterocycles. The Bertz CT molecular complexity index is 791. The van der Waals surface area contributed by atoms with Crippen molar-refractivity contribution in [1.82, 2.24) is 5.32 Å². The van der Waals surface area contributed by atoms with Crippen molar-refractivity contribution in [2.45, 2.75) is 18.6 Å². The van der Waals surface area contributed by atoms with E-state index in [0.717, 1.165) is 12.1 Å². The molecule has 1 atom stereocenters. The van der Waals surface area contributed by atoms with Gasteiger partial charge in [0, 0.05) is 5.02 Å². The van der Waals surface area contributed by atoms with E-state index in [0.29, 0.717) is 10.6 Å².